The van der Waals surface area contributed by atoms with E-state index < -0.39 is 10.9 Å². The quantitative estimate of drug-likeness (QED) is 0.699. The van der Waals surface area contributed by atoms with Gasteiger partial charge in [0.05, 0.1) is 23.9 Å². The summed E-state index contributed by atoms with van der Waals surface area (Å²) in [6, 6.07) is 14.1. The molecule has 2 aromatic carbocycles. The molecule has 23 heavy (non-hydrogen) atoms. The van der Waals surface area contributed by atoms with Gasteiger partial charge < -0.3 is 10.6 Å². The van der Waals surface area contributed by atoms with Crippen LogP contribution in [-0.4, -0.2) is 4.98 Å². The average Bonchev–Trinajstić information content (AvgIpc) is 2.62. The van der Waals surface area contributed by atoms with Crippen LogP contribution in [0.4, 0.5) is 17.1 Å². The zero-order chi connectivity index (χ0) is 16.2. The number of nitriles is 1. The zero-order valence-corrected chi connectivity index (χ0v) is 12.0. The highest BCUT2D eigenvalue weighted by Gasteiger charge is 2.20. The second kappa shape index (κ2) is 6.12. The molecule has 0 aliphatic carbocycles. The summed E-state index contributed by atoms with van der Waals surface area (Å²) in [5, 5.41) is 14.6. The van der Waals surface area contributed by atoms with Gasteiger partial charge in [-0.1, -0.05) is 6.07 Å². The Bertz CT molecular complexity index is 934. The summed E-state index contributed by atoms with van der Waals surface area (Å²) in [4.78, 5) is 27.6. The maximum Gasteiger partial charge on any atom is 0.253 e. The minimum Gasteiger partial charge on any atom is -0.374 e. The summed E-state index contributed by atoms with van der Waals surface area (Å²) in [5.74, 6) is 0. The molecule has 1 heterocycles. The first kappa shape index (κ1) is 14.5. The third-order valence-corrected chi connectivity index (χ3v) is 3.37. The molecule has 0 amide bonds. The molecule has 0 bridgehead atoms. The van der Waals surface area contributed by atoms with Gasteiger partial charge in [0.25, 0.3) is 10.9 Å². The zero-order valence-electron chi connectivity index (χ0n) is 12.0. The third-order valence-electron chi connectivity index (χ3n) is 3.37. The van der Waals surface area contributed by atoms with Gasteiger partial charge in [-0.3, -0.25) is 14.6 Å². The first-order valence-electron chi connectivity index (χ1n) is 6.93. The SMILES string of the molecule is N#Cc1ccc(Nc2c(NCc3ccccn3)c(=O)c2=O)cc1. The van der Waals surface area contributed by atoms with E-state index in [0.717, 1.165) is 5.69 Å². The molecule has 112 valence electrons. The fourth-order valence-electron chi connectivity index (χ4n) is 2.13. The lowest BCUT2D eigenvalue weighted by Crippen LogP contribution is -2.36. The van der Waals surface area contributed by atoms with Crippen LogP contribution in [0.3, 0.4) is 0 Å². The van der Waals surface area contributed by atoms with E-state index in [4.69, 9.17) is 5.26 Å². The number of pyridine rings is 1. The van der Waals surface area contributed by atoms with Crippen molar-refractivity contribution in [2.45, 2.75) is 6.54 Å². The summed E-state index contributed by atoms with van der Waals surface area (Å²) in [7, 11) is 0. The van der Waals surface area contributed by atoms with Gasteiger partial charge in [0.2, 0.25) is 0 Å². The average molecular weight is 304 g/mol. The summed E-state index contributed by atoms with van der Waals surface area (Å²) >= 11 is 0. The van der Waals surface area contributed by atoms with E-state index >= 15 is 0 Å². The van der Waals surface area contributed by atoms with Gasteiger partial charge >= 0.3 is 0 Å². The topological polar surface area (TPSA) is 94.9 Å². The van der Waals surface area contributed by atoms with Crippen molar-refractivity contribution in [3.63, 3.8) is 0 Å². The van der Waals surface area contributed by atoms with Gasteiger partial charge in [-0.25, -0.2) is 0 Å². The normalized spacial score (nSPS) is 10.2. The number of benzene rings is 1. The van der Waals surface area contributed by atoms with Crippen molar-refractivity contribution >= 4 is 17.1 Å². The number of nitrogens with zero attached hydrogens (tertiary/aromatic N) is 2. The molecule has 2 N–H and O–H groups in total. The summed E-state index contributed by atoms with van der Waals surface area (Å²) in [6.07, 6.45) is 1.66. The van der Waals surface area contributed by atoms with E-state index in [1.54, 1.807) is 36.5 Å². The maximum absolute atomic E-state index is 11.7. The van der Waals surface area contributed by atoms with Crippen LogP contribution >= 0.6 is 0 Å². The molecule has 0 fully saturated rings. The van der Waals surface area contributed by atoms with Gasteiger partial charge in [0.15, 0.2) is 0 Å². The molecule has 0 unspecified atom stereocenters. The van der Waals surface area contributed by atoms with E-state index in [9.17, 15) is 9.59 Å². The molecular weight excluding hydrogens is 292 g/mol. The summed E-state index contributed by atoms with van der Waals surface area (Å²) < 4.78 is 0. The van der Waals surface area contributed by atoms with Crippen LogP contribution in [0.2, 0.25) is 0 Å². The number of hydrogen-bond donors (Lipinski definition) is 2. The molecular formula is C17H12N4O2. The smallest absolute Gasteiger partial charge is 0.253 e. The highest BCUT2D eigenvalue weighted by atomic mass is 16.2. The van der Waals surface area contributed by atoms with E-state index in [0.29, 0.717) is 17.8 Å². The number of nitrogens with one attached hydrogen (secondary N) is 2. The van der Waals surface area contributed by atoms with Gasteiger partial charge in [0.1, 0.15) is 11.4 Å². The predicted molar refractivity (Wildman–Crippen MR) is 87.4 cm³/mol. The van der Waals surface area contributed by atoms with Crippen LogP contribution in [0.5, 0.6) is 0 Å². The summed E-state index contributed by atoms with van der Waals surface area (Å²) in [6.45, 7) is 0.355. The van der Waals surface area contributed by atoms with Crippen LogP contribution in [0.15, 0.2) is 58.3 Å². The predicted octanol–water partition coefficient (Wildman–Crippen LogP) is 1.90. The molecule has 1 aromatic heterocycles. The fourth-order valence-corrected chi connectivity index (χ4v) is 2.13. The lowest BCUT2D eigenvalue weighted by molar-refractivity contribution is 1.04. The first-order chi connectivity index (χ1) is 11.2. The minimum absolute atomic E-state index is 0.232. The Morgan fingerprint density at radius 2 is 1.74 bits per heavy atom. The second-order valence-corrected chi connectivity index (χ2v) is 4.90. The van der Waals surface area contributed by atoms with Crippen molar-refractivity contribution in [1.82, 2.24) is 4.98 Å². The van der Waals surface area contributed by atoms with Gasteiger partial charge in [0, 0.05) is 11.9 Å². The Kier molecular flexibility index (Phi) is 3.85. The van der Waals surface area contributed by atoms with Crippen LogP contribution < -0.4 is 21.5 Å². The Morgan fingerprint density at radius 1 is 1.00 bits per heavy atom. The van der Waals surface area contributed by atoms with Crippen LogP contribution in [0.25, 0.3) is 0 Å². The number of aromatic nitrogens is 1. The van der Waals surface area contributed by atoms with Crippen molar-refractivity contribution in [3.05, 3.63) is 80.4 Å². The molecule has 0 aliphatic heterocycles. The number of rotatable bonds is 5. The van der Waals surface area contributed by atoms with Gasteiger partial charge in [-0.2, -0.15) is 5.26 Å². The molecule has 6 nitrogen and oxygen atoms in total. The second-order valence-electron chi connectivity index (χ2n) is 4.90. The first-order valence-corrected chi connectivity index (χ1v) is 6.93. The van der Waals surface area contributed by atoms with Crippen molar-refractivity contribution in [3.8, 4) is 6.07 Å². The van der Waals surface area contributed by atoms with Gasteiger partial charge in [-0.05, 0) is 36.4 Å². The van der Waals surface area contributed by atoms with Crippen LogP contribution in [0.1, 0.15) is 11.3 Å². The summed E-state index contributed by atoms with van der Waals surface area (Å²) in [5.41, 5.74) is 1.31. The molecule has 0 spiro atoms. The lowest BCUT2D eigenvalue weighted by Gasteiger charge is -2.14. The van der Waals surface area contributed by atoms with Crippen molar-refractivity contribution < 1.29 is 0 Å². The molecule has 0 aliphatic rings. The van der Waals surface area contributed by atoms with E-state index in [2.05, 4.69) is 15.6 Å². The van der Waals surface area contributed by atoms with Crippen LogP contribution in [-0.2, 0) is 6.54 Å². The van der Waals surface area contributed by atoms with E-state index in [1.807, 2.05) is 18.2 Å². The van der Waals surface area contributed by atoms with Crippen molar-refractivity contribution in [2.75, 3.05) is 10.6 Å². The Morgan fingerprint density at radius 3 is 2.39 bits per heavy atom. The molecule has 0 radical (unpaired) electrons. The Hall–Kier alpha value is -3.46. The van der Waals surface area contributed by atoms with Crippen molar-refractivity contribution in [1.29, 1.82) is 5.26 Å². The molecule has 3 rings (SSSR count). The minimum atomic E-state index is -0.558. The van der Waals surface area contributed by atoms with Gasteiger partial charge in [-0.15, -0.1) is 0 Å². The monoisotopic (exact) mass is 304 g/mol. The standard InChI is InChI=1S/C17H12N4O2/c18-9-11-4-6-12(7-5-11)21-15-14(16(22)17(15)23)20-10-13-3-1-2-8-19-13/h1-8,20-21H,10H2. The fraction of sp³-hybridized carbons (Fsp3) is 0.0588. The maximum atomic E-state index is 11.7. The largest absolute Gasteiger partial charge is 0.374 e. The lowest BCUT2D eigenvalue weighted by atomic mass is 10.1. The molecule has 0 saturated heterocycles. The highest BCUT2D eigenvalue weighted by molar-refractivity contribution is 5.78. The number of hydrogen-bond acceptors (Lipinski definition) is 6. The Labute approximate surface area is 131 Å². The number of anilines is 3. The van der Waals surface area contributed by atoms with Crippen molar-refractivity contribution in [2.24, 2.45) is 0 Å². The third kappa shape index (κ3) is 2.94. The highest BCUT2D eigenvalue weighted by Crippen LogP contribution is 2.21. The molecule has 6 heteroatoms. The Balaban J connectivity index is 1.75. The van der Waals surface area contributed by atoms with E-state index in [1.165, 1.54) is 0 Å². The van der Waals surface area contributed by atoms with Crippen LogP contribution in [0, 0.1) is 11.3 Å². The molecule has 3 aromatic rings. The molecule has 0 atom stereocenters. The van der Waals surface area contributed by atoms with E-state index in [-0.39, 0.29) is 11.4 Å². The molecule has 0 saturated carbocycles.